The molecule has 5 aromatic rings. The summed E-state index contributed by atoms with van der Waals surface area (Å²) < 4.78 is 6.68. The van der Waals surface area contributed by atoms with Gasteiger partial charge >= 0.3 is 6.09 Å². The summed E-state index contributed by atoms with van der Waals surface area (Å²) in [4.78, 5) is 19.0. The number of imidazole rings is 1. The van der Waals surface area contributed by atoms with Crippen LogP contribution in [0, 0.1) is 5.21 Å². The molecule has 3 N–H and O–H groups in total. The molecule has 1 aliphatic rings. The van der Waals surface area contributed by atoms with Crippen molar-refractivity contribution < 1.29 is 19.4 Å². The summed E-state index contributed by atoms with van der Waals surface area (Å²) >= 11 is 13.2. The van der Waals surface area contributed by atoms with Gasteiger partial charge in [0.1, 0.15) is 12.2 Å². The van der Waals surface area contributed by atoms with Crippen LogP contribution in [0.25, 0.3) is 28.1 Å². The van der Waals surface area contributed by atoms with Gasteiger partial charge in [0.25, 0.3) is 0 Å². The summed E-state index contributed by atoms with van der Waals surface area (Å²) in [6.07, 6.45) is 4.27. The van der Waals surface area contributed by atoms with Crippen molar-refractivity contribution in [3.63, 3.8) is 0 Å². The number of carbonyl (C=O) groups excluding carboxylic acids is 1. The zero-order chi connectivity index (χ0) is 28.0. The fourth-order valence-corrected chi connectivity index (χ4v) is 5.42. The molecule has 2 aromatic carbocycles. The number of amides is 1. The molecule has 0 radical (unpaired) electrons. The molecule has 12 nitrogen and oxygen atoms in total. The smallest absolute Gasteiger partial charge is 0.411 e. The highest BCUT2D eigenvalue weighted by Crippen LogP contribution is 2.45. The zero-order valence-corrected chi connectivity index (χ0v) is 22.3. The molecule has 0 saturated heterocycles. The number of aromatic amines is 1. The van der Waals surface area contributed by atoms with Crippen LogP contribution in [0.2, 0.25) is 10.0 Å². The summed E-state index contributed by atoms with van der Waals surface area (Å²) in [6.45, 7) is 0. The largest absolute Gasteiger partial charge is 0.618 e. The molecule has 0 spiro atoms. The predicted molar refractivity (Wildman–Crippen MR) is 145 cm³/mol. The summed E-state index contributed by atoms with van der Waals surface area (Å²) in [6, 6.07) is 12.1. The van der Waals surface area contributed by atoms with Gasteiger partial charge < -0.3 is 20.0 Å². The van der Waals surface area contributed by atoms with Crippen LogP contribution >= 0.6 is 23.2 Å². The minimum Gasteiger partial charge on any atom is -0.618 e. The topological polar surface area (TPSA) is 158 Å². The molecule has 1 atom stereocenters. The first kappa shape index (κ1) is 25.7. The minimum atomic E-state index is -1.70. The van der Waals surface area contributed by atoms with E-state index in [0.29, 0.717) is 55.0 Å². The molecular weight excluding hydrogens is 559 g/mol. The lowest BCUT2D eigenvalue weighted by Gasteiger charge is -2.21. The van der Waals surface area contributed by atoms with Crippen LogP contribution in [-0.4, -0.2) is 48.5 Å². The lowest BCUT2D eigenvalue weighted by molar-refractivity contribution is -0.620. The maximum atomic E-state index is 13.5. The van der Waals surface area contributed by atoms with Gasteiger partial charge in [-0.1, -0.05) is 35.3 Å². The summed E-state index contributed by atoms with van der Waals surface area (Å²) in [7, 11) is 1.28. The number of benzene rings is 2. The first-order valence-electron chi connectivity index (χ1n) is 12.0. The quantitative estimate of drug-likeness (QED) is 0.208. The number of aromatic nitrogens is 7. The molecule has 0 fully saturated rings. The molecular formula is C26H20Cl2N8O4. The molecule has 3 aromatic heterocycles. The van der Waals surface area contributed by atoms with E-state index in [4.69, 9.17) is 23.2 Å². The van der Waals surface area contributed by atoms with Gasteiger partial charge in [0, 0.05) is 21.8 Å². The second-order valence-corrected chi connectivity index (χ2v) is 9.94. The molecule has 0 bridgehead atoms. The van der Waals surface area contributed by atoms with Crippen molar-refractivity contribution >= 4 is 35.0 Å². The number of rotatable bonds is 5. The third-order valence-electron chi connectivity index (χ3n) is 6.82. The average molecular weight is 579 g/mol. The number of hydrogen-bond acceptors (Lipinski definition) is 8. The van der Waals surface area contributed by atoms with Gasteiger partial charge in [-0.05, 0) is 59.2 Å². The first-order chi connectivity index (χ1) is 19.3. The number of carbonyl (C=O) groups is 1. The van der Waals surface area contributed by atoms with Crippen LogP contribution in [-0.2, 0) is 16.8 Å². The molecule has 3 heterocycles. The maximum Gasteiger partial charge on any atom is 0.411 e. The number of nitrogens with one attached hydrogen (secondary N) is 2. The summed E-state index contributed by atoms with van der Waals surface area (Å²) in [5.41, 5.74) is 2.40. The maximum absolute atomic E-state index is 13.5. The SMILES string of the molecule is COC(=O)Nc1ccc(-c2cnc(C3(O)CCc4c(Cl)c(-c5cc(Cl)ccc5-n5cnnn5)c[n+]([O-])c43)[nH]2)cc1. The van der Waals surface area contributed by atoms with E-state index in [1.165, 1.54) is 24.3 Å². The van der Waals surface area contributed by atoms with Gasteiger partial charge in [0.05, 0.1) is 35.3 Å². The Morgan fingerprint density at radius 3 is 2.75 bits per heavy atom. The fraction of sp³-hybridized carbons (Fsp3) is 0.154. The third kappa shape index (κ3) is 4.31. The van der Waals surface area contributed by atoms with Crippen molar-refractivity contribution in [2.24, 2.45) is 0 Å². The summed E-state index contributed by atoms with van der Waals surface area (Å²) in [5.74, 6) is 0.212. The van der Waals surface area contributed by atoms with E-state index >= 15 is 0 Å². The molecule has 202 valence electrons. The molecule has 1 amide bonds. The van der Waals surface area contributed by atoms with E-state index in [9.17, 15) is 15.1 Å². The van der Waals surface area contributed by atoms with Gasteiger partial charge in [0.2, 0.25) is 11.3 Å². The number of methoxy groups -OCH3 is 1. The number of anilines is 1. The second-order valence-electron chi connectivity index (χ2n) is 9.13. The van der Waals surface area contributed by atoms with Crippen LogP contribution in [0.15, 0.2) is 61.2 Å². The Kier molecular flexibility index (Phi) is 6.37. The van der Waals surface area contributed by atoms with Crippen molar-refractivity contribution in [2.45, 2.75) is 18.4 Å². The van der Waals surface area contributed by atoms with Crippen LogP contribution < -0.4 is 10.0 Å². The minimum absolute atomic E-state index is 0.103. The Morgan fingerprint density at radius 2 is 2.02 bits per heavy atom. The Bertz CT molecular complexity index is 1740. The first-order valence-corrected chi connectivity index (χ1v) is 12.8. The Morgan fingerprint density at radius 1 is 1.23 bits per heavy atom. The number of halogens is 2. The zero-order valence-electron chi connectivity index (χ0n) is 20.8. The van der Waals surface area contributed by atoms with Crippen LogP contribution in [0.4, 0.5) is 10.5 Å². The number of nitrogens with zero attached hydrogens (tertiary/aromatic N) is 6. The van der Waals surface area contributed by atoms with Crippen molar-refractivity contribution in [1.82, 2.24) is 30.2 Å². The molecule has 40 heavy (non-hydrogen) atoms. The number of ether oxygens (including phenoxy) is 1. The standard InChI is InChI=1S/C26H20Cl2N8O4/c1-40-25(37)31-16-5-2-14(3-6-16)20-11-29-24(32-20)26(38)9-8-17-22(28)19(12-36(39)23(17)26)18-10-15(27)4-7-21(18)35-13-30-33-34-35/h2-7,10-13,38H,8-9H2,1H3,(H,29,32)(H,31,37). The van der Waals surface area contributed by atoms with Crippen LogP contribution in [0.3, 0.4) is 0 Å². The number of aliphatic hydroxyl groups is 1. The molecule has 14 heteroatoms. The van der Waals surface area contributed by atoms with E-state index in [1.807, 2.05) is 0 Å². The van der Waals surface area contributed by atoms with Gasteiger partial charge in [0.15, 0.2) is 6.20 Å². The van der Waals surface area contributed by atoms with Crippen LogP contribution in [0.5, 0.6) is 0 Å². The number of tetrazole rings is 1. The van der Waals surface area contributed by atoms with Gasteiger partial charge in [-0.15, -0.1) is 5.10 Å². The van der Waals surface area contributed by atoms with E-state index in [1.54, 1.807) is 48.7 Å². The Hall–Kier alpha value is -4.52. The lowest BCUT2D eigenvalue weighted by atomic mass is 9.98. The van der Waals surface area contributed by atoms with E-state index in [-0.39, 0.29) is 17.9 Å². The predicted octanol–water partition coefficient (Wildman–Crippen LogP) is 4.02. The highest BCUT2D eigenvalue weighted by atomic mass is 35.5. The van der Waals surface area contributed by atoms with Crippen molar-refractivity contribution in [1.29, 1.82) is 0 Å². The van der Waals surface area contributed by atoms with Gasteiger partial charge in [-0.25, -0.2) is 9.78 Å². The molecule has 1 aliphatic carbocycles. The molecule has 0 saturated carbocycles. The average Bonchev–Trinajstić information content (AvgIpc) is 3.72. The van der Waals surface area contributed by atoms with Crippen LogP contribution in [0.1, 0.15) is 23.5 Å². The number of fused-ring (bicyclic) bond motifs is 1. The second kappa shape index (κ2) is 9.90. The van der Waals surface area contributed by atoms with E-state index < -0.39 is 11.7 Å². The number of H-pyrrole nitrogens is 1. The van der Waals surface area contributed by atoms with Crippen molar-refractivity contribution in [3.8, 4) is 28.1 Å². The molecule has 0 aliphatic heterocycles. The molecule has 6 rings (SSSR count). The van der Waals surface area contributed by atoms with Gasteiger partial charge in [-0.3, -0.25) is 5.32 Å². The fourth-order valence-electron chi connectivity index (χ4n) is 4.92. The highest BCUT2D eigenvalue weighted by Gasteiger charge is 2.49. The molecule has 1 unspecified atom stereocenters. The van der Waals surface area contributed by atoms with Crippen molar-refractivity contribution in [3.05, 3.63) is 93.5 Å². The monoisotopic (exact) mass is 578 g/mol. The van der Waals surface area contributed by atoms with Crippen molar-refractivity contribution in [2.75, 3.05) is 12.4 Å². The number of pyridine rings is 1. The van der Waals surface area contributed by atoms with E-state index in [0.717, 1.165) is 5.56 Å². The number of hydrogen-bond donors (Lipinski definition) is 3. The Balaban J connectivity index is 1.37. The highest BCUT2D eigenvalue weighted by molar-refractivity contribution is 6.34. The third-order valence-corrected chi connectivity index (χ3v) is 7.49. The van der Waals surface area contributed by atoms with Gasteiger partial charge in [-0.2, -0.15) is 9.41 Å². The Labute approximate surface area is 236 Å². The lowest BCUT2D eigenvalue weighted by Crippen LogP contribution is -2.42. The van der Waals surface area contributed by atoms with E-state index in [2.05, 4.69) is 35.5 Å². The normalized spacial score (nSPS) is 16.1. The summed E-state index contributed by atoms with van der Waals surface area (Å²) in [5, 5.41) is 39.9.